The lowest BCUT2D eigenvalue weighted by Gasteiger charge is -2.26. The second kappa shape index (κ2) is 8.21. The molecule has 0 saturated heterocycles. The second-order valence-electron chi connectivity index (χ2n) is 5.62. The van der Waals surface area contributed by atoms with Crippen LogP contribution in [0.5, 0.6) is 0 Å². The maximum Gasteiger partial charge on any atom is 0.0361 e. The minimum atomic E-state index is 0.572. The van der Waals surface area contributed by atoms with Crippen molar-refractivity contribution in [2.24, 2.45) is 0 Å². The van der Waals surface area contributed by atoms with Crippen molar-refractivity contribution in [1.82, 2.24) is 5.32 Å². The number of nitrogens with zero attached hydrogens (tertiary/aromatic N) is 1. The van der Waals surface area contributed by atoms with Crippen LogP contribution in [0.2, 0.25) is 0 Å². The summed E-state index contributed by atoms with van der Waals surface area (Å²) in [5.74, 6) is 0.572. The number of benzene rings is 1. The van der Waals surface area contributed by atoms with Crippen molar-refractivity contribution in [3.05, 3.63) is 29.8 Å². The molecule has 2 heteroatoms. The summed E-state index contributed by atoms with van der Waals surface area (Å²) in [5, 5.41) is 3.70. The van der Waals surface area contributed by atoms with Gasteiger partial charge in [0.2, 0.25) is 0 Å². The topological polar surface area (TPSA) is 15.3 Å². The van der Waals surface area contributed by atoms with Crippen molar-refractivity contribution in [3.63, 3.8) is 0 Å². The lowest BCUT2D eigenvalue weighted by molar-refractivity contribution is 0.420. The van der Waals surface area contributed by atoms with E-state index in [1.165, 1.54) is 30.5 Å². The number of hydrogen-bond donors (Lipinski definition) is 1. The van der Waals surface area contributed by atoms with Gasteiger partial charge in [0.15, 0.2) is 0 Å². The van der Waals surface area contributed by atoms with E-state index >= 15 is 0 Å². The van der Waals surface area contributed by atoms with E-state index in [-0.39, 0.29) is 0 Å². The Balaban J connectivity index is 2.74. The SMILES string of the molecule is CCCNC(CCC)C(C)c1ccc(N(C)C)cc1. The molecule has 2 nitrogen and oxygen atoms in total. The van der Waals surface area contributed by atoms with Gasteiger partial charge in [0.1, 0.15) is 0 Å². The Morgan fingerprint density at radius 2 is 1.68 bits per heavy atom. The highest BCUT2D eigenvalue weighted by molar-refractivity contribution is 5.46. The average Bonchev–Trinajstić information content (AvgIpc) is 2.42. The van der Waals surface area contributed by atoms with Crippen molar-refractivity contribution in [1.29, 1.82) is 0 Å². The van der Waals surface area contributed by atoms with Crippen LogP contribution >= 0.6 is 0 Å². The number of hydrogen-bond acceptors (Lipinski definition) is 2. The highest BCUT2D eigenvalue weighted by atomic mass is 15.1. The van der Waals surface area contributed by atoms with E-state index in [1.807, 2.05) is 0 Å². The van der Waals surface area contributed by atoms with Crippen LogP contribution in [0.1, 0.15) is 51.5 Å². The van der Waals surface area contributed by atoms with Crippen molar-refractivity contribution in [2.75, 3.05) is 25.5 Å². The maximum atomic E-state index is 3.70. The van der Waals surface area contributed by atoms with Gasteiger partial charge >= 0.3 is 0 Å². The van der Waals surface area contributed by atoms with Gasteiger partial charge in [-0.2, -0.15) is 0 Å². The fraction of sp³-hybridized carbons (Fsp3) is 0.647. The smallest absolute Gasteiger partial charge is 0.0361 e. The molecule has 0 aliphatic heterocycles. The Morgan fingerprint density at radius 3 is 2.16 bits per heavy atom. The van der Waals surface area contributed by atoms with Gasteiger partial charge < -0.3 is 10.2 Å². The molecular formula is C17H30N2. The summed E-state index contributed by atoms with van der Waals surface area (Å²) in [7, 11) is 4.17. The van der Waals surface area contributed by atoms with Gasteiger partial charge in [-0.15, -0.1) is 0 Å². The molecule has 0 aliphatic rings. The summed E-state index contributed by atoms with van der Waals surface area (Å²) in [6, 6.07) is 9.57. The Bertz CT molecular complexity index is 343. The van der Waals surface area contributed by atoms with Gasteiger partial charge in [-0.3, -0.25) is 0 Å². The minimum absolute atomic E-state index is 0.572. The summed E-state index contributed by atoms with van der Waals surface area (Å²) in [5.41, 5.74) is 2.71. The Labute approximate surface area is 119 Å². The lowest BCUT2D eigenvalue weighted by atomic mass is 9.90. The highest BCUT2D eigenvalue weighted by Crippen LogP contribution is 2.24. The lowest BCUT2D eigenvalue weighted by Crippen LogP contribution is -2.34. The Kier molecular flexibility index (Phi) is 6.93. The van der Waals surface area contributed by atoms with Crippen LogP contribution in [0.15, 0.2) is 24.3 Å². The highest BCUT2D eigenvalue weighted by Gasteiger charge is 2.17. The molecule has 1 rings (SSSR count). The molecule has 0 saturated carbocycles. The van der Waals surface area contributed by atoms with Crippen LogP contribution in [-0.4, -0.2) is 26.7 Å². The summed E-state index contributed by atoms with van der Waals surface area (Å²) in [6.45, 7) is 7.95. The van der Waals surface area contributed by atoms with Gasteiger partial charge in [0, 0.05) is 25.8 Å². The van der Waals surface area contributed by atoms with E-state index in [0.29, 0.717) is 12.0 Å². The zero-order chi connectivity index (χ0) is 14.3. The van der Waals surface area contributed by atoms with Crippen LogP contribution in [0.4, 0.5) is 5.69 Å². The molecule has 0 heterocycles. The molecule has 0 aromatic heterocycles. The average molecular weight is 262 g/mol. The zero-order valence-electron chi connectivity index (χ0n) is 13.2. The molecule has 2 unspecified atom stereocenters. The Hall–Kier alpha value is -1.02. The third-order valence-corrected chi connectivity index (χ3v) is 3.80. The first-order valence-electron chi connectivity index (χ1n) is 7.60. The van der Waals surface area contributed by atoms with Gasteiger partial charge in [-0.25, -0.2) is 0 Å². The number of anilines is 1. The first-order chi connectivity index (χ1) is 9.10. The van der Waals surface area contributed by atoms with Crippen LogP contribution < -0.4 is 10.2 Å². The molecular weight excluding hydrogens is 232 g/mol. The molecule has 0 spiro atoms. The van der Waals surface area contributed by atoms with Gasteiger partial charge in [-0.05, 0) is 43.0 Å². The predicted octanol–water partition coefficient (Wildman–Crippen LogP) is 4.02. The minimum Gasteiger partial charge on any atom is -0.378 e. The molecule has 0 amide bonds. The molecule has 0 bridgehead atoms. The molecule has 0 radical (unpaired) electrons. The first-order valence-corrected chi connectivity index (χ1v) is 7.60. The van der Waals surface area contributed by atoms with Gasteiger partial charge in [-0.1, -0.05) is 39.3 Å². The fourth-order valence-electron chi connectivity index (χ4n) is 2.48. The van der Waals surface area contributed by atoms with Crippen molar-refractivity contribution in [3.8, 4) is 0 Å². The Morgan fingerprint density at radius 1 is 1.05 bits per heavy atom. The van der Waals surface area contributed by atoms with Crippen molar-refractivity contribution >= 4 is 5.69 Å². The van der Waals surface area contributed by atoms with E-state index in [9.17, 15) is 0 Å². The molecule has 0 aliphatic carbocycles. The molecule has 108 valence electrons. The van der Waals surface area contributed by atoms with Gasteiger partial charge in [0.25, 0.3) is 0 Å². The van der Waals surface area contributed by atoms with E-state index in [2.05, 4.69) is 69.3 Å². The molecule has 1 aromatic rings. The molecule has 1 N–H and O–H groups in total. The third-order valence-electron chi connectivity index (χ3n) is 3.80. The summed E-state index contributed by atoms with van der Waals surface area (Å²) < 4.78 is 0. The molecule has 0 fully saturated rings. The maximum absolute atomic E-state index is 3.70. The van der Waals surface area contributed by atoms with Crippen molar-refractivity contribution in [2.45, 2.75) is 52.0 Å². The van der Waals surface area contributed by atoms with Crippen molar-refractivity contribution < 1.29 is 0 Å². The standard InChI is InChI=1S/C17H30N2/c1-6-8-17(18-13-7-2)14(3)15-9-11-16(12-10-15)19(4)5/h9-12,14,17-18H,6-8,13H2,1-5H3. The molecule has 1 aromatic carbocycles. The molecule has 19 heavy (non-hydrogen) atoms. The molecule has 2 atom stereocenters. The van der Waals surface area contributed by atoms with E-state index < -0.39 is 0 Å². The monoisotopic (exact) mass is 262 g/mol. The predicted molar refractivity (Wildman–Crippen MR) is 86.2 cm³/mol. The third kappa shape index (κ3) is 4.87. The summed E-state index contributed by atoms with van der Waals surface area (Å²) in [6.07, 6.45) is 3.69. The first kappa shape index (κ1) is 16.0. The quantitative estimate of drug-likeness (QED) is 0.761. The van der Waals surface area contributed by atoms with E-state index in [1.54, 1.807) is 0 Å². The fourth-order valence-corrected chi connectivity index (χ4v) is 2.48. The van der Waals surface area contributed by atoms with Crippen LogP contribution in [0, 0.1) is 0 Å². The van der Waals surface area contributed by atoms with E-state index in [0.717, 1.165) is 6.54 Å². The summed E-state index contributed by atoms with van der Waals surface area (Å²) in [4.78, 5) is 2.15. The van der Waals surface area contributed by atoms with Crippen LogP contribution in [-0.2, 0) is 0 Å². The normalized spacial score (nSPS) is 14.2. The van der Waals surface area contributed by atoms with Crippen LogP contribution in [0.3, 0.4) is 0 Å². The van der Waals surface area contributed by atoms with E-state index in [4.69, 9.17) is 0 Å². The second-order valence-corrected chi connectivity index (χ2v) is 5.62. The largest absolute Gasteiger partial charge is 0.378 e. The zero-order valence-corrected chi connectivity index (χ0v) is 13.2. The van der Waals surface area contributed by atoms with Crippen LogP contribution in [0.25, 0.3) is 0 Å². The number of nitrogens with one attached hydrogen (secondary N) is 1. The number of rotatable bonds is 8. The summed E-state index contributed by atoms with van der Waals surface area (Å²) >= 11 is 0. The van der Waals surface area contributed by atoms with Gasteiger partial charge in [0.05, 0.1) is 0 Å².